The Morgan fingerprint density at radius 2 is 2.27 bits per heavy atom. The Hall–Kier alpha value is -0.730. The number of nitrogens with two attached hydrogens (primary N) is 1. The summed E-state index contributed by atoms with van der Waals surface area (Å²) in [6.07, 6.45) is 0. The van der Waals surface area contributed by atoms with Crippen molar-refractivity contribution in [3.63, 3.8) is 0 Å². The Balaban J connectivity index is 2.90. The molecule has 2 nitrogen and oxygen atoms in total. The van der Waals surface area contributed by atoms with Crippen LogP contribution in [0.5, 0.6) is 0 Å². The van der Waals surface area contributed by atoms with Crippen molar-refractivity contribution in [2.75, 3.05) is 12.0 Å². The van der Waals surface area contributed by atoms with Crippen molar-refractivity contribution in [3.8, 4) is 0 Å². The van der Waals surface area contributed by atoms with Crippen LogP contribution in [-0.4, -0.2) is 6.67 Å². The Labute approximate surface area is 71.4 Å². The van der Waals surface area contributed by atoms with Gasteiger partial charge in [-0.2, -0.15) is 0 Å². The lowest BCUT2D eigenvalue weighted by molar-refractivity contribution is 1.14. The van der Waals surface area contributed by atoms with Gasteiger partial charge in [0.15, 0.2) is 0 Å². The maximum Gasteiger partial charge on any atom is 0.0628 e. The van der Waals surface area contributed by atoms with Gasteiger partial charge in [0.2, 0.25) is 0 Å². The second-order valence-corrected chi connectivity index (χ2v) is 2.78. The molecule has 0 aliphatic rings. The van der Waals surface area contributed by atoms with E-state index in [2.05, 4.69) is 5.32 Å². The zero-order valence-corrected chi connectivity index (χ0v) is 7.15. The van der Waals surface area contributed by atoms with Crippen LogP contribution < -0.4 is 11.1 Å². The molecule has 3 N–H and O–H groups in total. The van der Waals surface area contributed by atoms with E-state index in [0.29, 0.717) is 6.67 Å². The van der Waals surface area contributed by atoms with E-state index in [1.54, 1.807) is 0 Å². The van der Waals surface area contributed by atoms with E-state index in [4.69, 9.17) is 17.3 Å². The van der Waals surface area contributed by atoms with Gasteiger partial charge in [-0.25, -0.2) is 0 Å². The molecule has 0 saturated heterocycles. The fourth-order valence-electron chi connectivity index (χ4n) is 0.935. The van der Waals surface area contributed by atoms with Crippen molar-refractivity contribution in [3.05, 3.63) is 28.8 Å². The molecule has 0 radical (unpaired) electrons. The SMILES string of the molecule is Cc1cc(Cl)ccc1NCN. The molecule has 0 bridgehead atoms. The van der Waals surface area contributed by atoms with E-state index in [1.807, 2.05) is 25.1 Å². The van der Waals surface area contributed by atoms with Crippen LogP contribution in [0.3, 0.4) is 0 Å². The number of hydrogen-bond acceptors (Lipinski definition) is 2. The third-order valence-corrected chi connectivity index (χ3v) is 1.72. The molecule has 11 heavy (non-hydrogen) atoms. The standard InChI is InChI=1S/C8H11ClN2/c1-6-4-7(9)2-3-8(6)11-5-10/h2-4,11H,5,10H2,1H3. The molecule has 1 aromatic rings. The summed E-state index contributed by atoms with van der Waals surface area (Å²) in [7, 11) is 0. The molecule has 0 fully saturated rings. The normalized spacial score (nSPS) is 9.73. The van der Waals surface area contributed by atoms with E-state index >= 15 is 0 Å². The first-order valence-electron chi connectivity index (χ1n) is 3.44. The van der Waals surface area contributed by atoms with Crippen molar-refractivity contribution in [2.45, 2.75) is 6.92 Å². The summed E-state index contributed by atoms with van der Waals surface area (Å²) in [6.45, 7) is 2.44. The van der Waals surface area contributed by atoms with Gasteiger partial charge in [0.05, 0.1) is 6.67 Å². The largest absolute Gasteiger partial charge is 0.372 e. The number of aryl methyl sites for hydroxylation is 1. The Morgan fingerprint density at radius 3 is 2.82 bits per heavy atom. The lowest BCUT2D eigenvalue weighted by atomic mass is 10.2. The first kappa shape index (κ1) is 8.37. The van der Waals surface area contributed by atoms with Crippen LogP contribution in [0.25, 0.3) is 0 Å². The van der Waals surface area contributed by atoms with Gasteiger partial charge in [-0.1, -0.05) is 11.6 Å². The fraction of sp³-hybridized carbons (Fsp3) is 0.250. The summed E-state index contributed by atoms with van der Waals surface area (Å²) >= 11 is 5.76. The minimum atomic E-state index is 0.447. The number of nitrogens with one attached hydrogen (secondary N) is 1. The van der Waals surface area contributed by atoms with Crippen molar-refractivity contribution < 1.29 is 0 Å². The predicted octanol–water partition coefficient (Wildman–Crippen LogP) is 1.98. The van der Waals surface area contributed by atoms with Gasteiger partial charge in [0.1, 0.15) is 0 Å². The smallest absolute Gasteiger partial charge is 0.0628 e. The van der Waals surface area contributed by atoms with Crippen molar-refractivity contribution in [2.24, 2.45) is 5.73 Å². The molecule has 0 atom stereocenters. The molecule has 0 aromatic heterocycles. The molecule has 1 aromatic carbocycles. The summed E-state index contributed by atoms with van der Waals surface area (Å²) in [4.78, 5) is 0. The molecule has 0 saturated carbocycles. The minimum Gasteiger partial charge on any atom is -0.372 e. The molecule has 0 aliphatic carbocycles. The molecular weight excluding hydrogens is 160 g/mol. The monoisotopic (exact) mass is 170 g/mol. The maximum atomic E-state index is 5.76. The van der Waals surface area contributed by atoms with Gasteiger partial charge in [0.25, 0.3) is 0 Å². The highest BCUT2D eigenvalue weighted by Gasteiger charge is 1.95. The van der Waals surface area contributed by atoms with Gasteiger partial charge < -0.3 is 11.1 Å². The van der Waals surface area contributed by atoms with E-state index in [1.165, 1.54) is 0 Å². The van der Waals surface area contributed by atoms with E-state index in [-0.39, 0.29) is 0 Å². The van der Waals surface area contributed by atoms with Crippen LogP contribution >= 0.6 is 11.6 Å². The highest BCUT2D eigenvalue weighted by Crippen LogP contribution is 2.18. The number of hydrogen-bond donors (Lipinski definition) is 2. The van der Waals surface area contributed by atoms with Crippen LogP contribution in [-0.2, 0) is 0 Å². The van der Waals surface area contributed by atoms with E-state index < -0.39 is 0 Å². The summed E-state index contributed by atoms with van der Waals surface area (Å²) in [5.41, 5.74) is 7.48. The lowest BCUT2D eigenvalue weighted by Crippen LogP contribution is -2.11. The quantitative estimate of drug-likeness (QED) is 0.667. The number of benzene rings is 1. The molecule has 0 heterocycles. The van der Waals surface area contributed by atoms with Gasteiger partial charge in [0, 0.05) is 10.7 Å². The summed E-state index contributed by atoms with van der Waals surface area (Å²) in [5, 5.41) is 3.78. The molecule has 0 spiro atoms. The molecule has 3 heteroatoms. The zero-order chi connectivity index (χ0) is 8.27. The van der Waals surface area contributed by atoms with Crippen LogP contribution in [0.4, 0.5) is 5.69 Å². The molecule has 1 rings (SSSR count). The molecule has 0 aliphatic heterocycles. The highest BCUT2D eigenvalue weighted by molar-refractivity contribution is 6.30. The number of anilines is 1. The van der Waals surface area contributed by atoms with Crippen LogP contribution in [0.2, 0.25) is 5.02 Å². The lowest BCUT2D eigenvalue weighted by Gasteiger charge is -2.06. The van der Waals surface area contributed by atoms with Crippen molar-refractivity contribution in [1.82, 2.24) is 0 Å². The Morgan fingerprint density at radius 1 is 1.55 bits per heavy atom. The average Bonchev–Trinajstić information content (AvgIpc) is 1.95. The summed E-state index contributed by atoms with van der Waals surface area (Å²) < 4.78 is 0. The van der Waals surface area contributed by atoms with Crippen LogP contribution in [0.15, 0.2) is 18.2 Å². The summed E-state index contributed by atoms with van der Waals surface area (Å²) in [5.74, 6) is 0. The number of halogens is 1. The van der Waals surface area contributed by atoms with E-state index in [0.717, 1.165) is 16.3 Å². The van der Waals surface area contributed by atoms with Gasteiger partial charge >= 0.3 is 0 Å². The van der Waals surface area contributed by atoms with Crippen LogP contribution in [0, 0.1) is 6.92 Å². The topological polar surface area (TPSA) is 38.0 Å². The summed E-state index contributed by atoms with van der Waals surface area (Å²) in [6, 6.07) is 5.66. The molecular formula is C8H11ClN2. The van der Waals surface area contributed by atoms with Crippen molar-refractivity contribution in [1.29, 1.82) is 0 Å². The fourth-order valence-corrected chi connectivity index (χ4v) is 1.16. The Kier molecular flexibility index (Phi) is 2.74. The minimum absolute atomic E-state index is 0.447. The predicted molar refractivity (Wildman–Crippen MR) is 48.9 cm³/mol. The molecule has 60 valence electrons. The maximum absolute atomic E-state index is 5.76. The van der Waals surface area contributed by atoms with E-state index in [9.17, 15) is 0 Å². The highest BCUT2D eigenvalue weighted by atomic mass is 35.5. The first-order chi connectivity index (χ1) is 5.24. The van der Waals surface area contributed by atoms with Crippen molar-refractivity contribution >= 4 is 17.3 Å². The Bertz CT molecular complexity index is 248. The third kappa shape index (κ3) is 2.10. The van der Waals surface area contributed by atoms with Gasteiger partial charge in [-0.15, -0.1) is 0 Å². The van der Waals surface area contributed by atoms with Gasteiger partial charge in [-0.3, -0.25) is 0 Å². The zero-order valence-electron chi connectivity index (χ0n) is 6.39. The molecule has 0 unspecified atom stereocenters. The second kappa shape index (κ2) is 3.60. The average molecular weight is 171 g/mol. The second-order valence-electron chi connectivity index (χ2n) is 2.34. The number of rotatable bonds is 2. The van der Waals surface area contributed by atoms with Crippen LogP contribution in [0.1, 0.15) is 5.56 Å². The van der Waals surface area contributed by atoms with Gasteiger partial charge in [-0.05, 0) is 30.7 Å². The third-order valence-electron chi connectivity index (χ3n) is 1.48. The molecule has 0 amide bonds. The first-order valence-corrected chi connectivity index (χ1v) is 3.82.